The van der Waals surface area contributed by atoms with Gasteiger partial charge in [-0.25, -0.2) is 0 Å². The SMILES string of the molecule is CC(=O)C1=C(C)O[C@H](c2ccccc2)C1. The monoisotopic (exact) mass is 202 g/mol. The van der Waals surface area contributed by atoms with Crippen LogP contribution in [-0.4, -0.2) is 5.78 Å². The lowest BCUT2D eigenvalue weighted by Gasteiger charge is -2.11. The van der Waals surface area contributed by atoms with E-state index in [0.717, 1.165) is 16.9 Å². The summed E-state index contributed by atoms with van der Waals surface area (Å²) in [5.41, 5.74) is 1.96. The fraction of sp³-hybridized carbons (Fsp3) is 0.308. The zero-order valence-corrected chi connectivity index (χ0v) is 8.99. The molecule has 1 aliphatic rings. The van der Waals surface area contributed by atoms with Crippen LogP contribution in [-0.2, 0) is 9.53 Å². The second kappa shape index (κ2) is 3.89. The van der Waals surface area contributed by atoms with Crippen molar-refractivity contribution in [3.05, 3.63) is 47.2 Å². The summed E-state index contributed by atoms with van der Waals surface area (Å²) in [6.07, 6.45) is 0.718. The number of hydrogen-bond acceptors (Lipinski definition) is 2. The van der Waals surface area contributed by atoms with Crippen LogP contribution >= 0.6 is 0 Å². The lowest BCUT2D eigenvalue weighted by atomic mass is 10.0. The van der Waals surface area contributed by atoms with Crippen molar-refractivity contribution in [1.82, 2.24) is 0 Å². The summed E-state index contributed by atoms with van der Waals surface area (Å²) < 4.78 is 5.68. The highest BCUT2D eigenvalue weighted by Gasteiger charge is 2.26. The molecule has 1 aliphatic heterocycles. The quantitative estimate of drug-likeness (QED) is 0.736. The molecule has 1 aromatic carbocycles. The van der Waals surface area contributed by atoms with Gasteiger partial charge in [0.2, 0.25) is 0 Å². The van der Waals surface area contributed by atoms with Crippen LogP contribution in [0.25, 0.3) is 0 Å². The average molecular weight is 202 g/mol. The van der Waals surface area contributed by atoms with E-state index in [1.54, 1.807) is 6.92 Å². The molecular weight excluding hydrogens is 188 g/mol. The maximum atomic E-state index is 11.3. The molecule has 0 spiro atoms. The fourth-order valence-corrected chi connectivity index (χ4v) is 1.90. The third-order valence-corrected chi connectivity index (χ3v) is 2.73. The van der Waals surface area contributed by atoms with Gasteiger partial charge < -0.3 is 4.74 Å². The van der Waals surface area contributed by atoms with Crippen molar-refractivity contribution in [1.29, 1.82) is 0 Å². The minimum Gasteiger partial charge on any atom is -0.490 e. The van der Waals surface area contributed by atoms with Crippen LogP contribution < -0.4 is 0 Å². The van der Waals surface area contributed by atoms with Crippen molar-refractivity contribution >= 4 is 5.78 Å². The van der Waals surface area contributed by atoms with E-state index in [1.165, 1.54) is 0 Å². The zero-order valence-electron chi connectivity index (χ0n) is 8.99. The zero-order chi connectivity index (χ0) is 10.8. The van der Waals surface area contributed by atoms with E-state index in [-0.39, 0.29) is 11.9 Å². The van der Waals surface area contributed by atoms with Crippen LogP contribution in [0.5, 0.6) is 0 Å². The molecule has 0 aliphatic carbocycles. The van der Waals surface area contributed by atoms with Crippen molar-refractivity contribution in [3.8, 4) is 0 Å². The molecule has 0 saturated carbocycles. The molecule has 0 radical (unpaired) electrons. The van der Waals surface area contributed by atoms with E-state index < -0.39 is 0 Å². The molecule has 0 amide bonds. The average Bonchev–Trinajstić information content (AvgIpc) is 2.62. The minimum absolute atomic E-state index is 0.0186. The van der Waals surface area contributed by atoms with Crippen LogP contribution in [0.2, 0.25) is 0 Å². The Kier molecular flexibility index (Phi) is 2.58. The maximum Gasteiger partial charge on any atom is 0.159 e. The first kappa shape index (κ1) is 9.97. The normalized spacial score (nSPS) is 20.3. The number of carbonyl (C=O) groups excluding carboxylic acids is 1. The number of carbonyl (C=O) groups is 1. The Bertz CT molecular complexity index is 404. The molecule has 78 valence electrons. The summed E-state index contributed by atoms with van der Waals surface area (Å²) >= 11 is 0. The molecule has 2 heteroatoms. The Morgan fingerprint density at radius 1 is 1.33 bits per heavy atom. The van der Waals surface area contributed by atoms with Gasteiger partial charge in [0.05, 0.1) is 0 Å². The van der Waals surface area contributed by atoms with Gasteiger partial charge in [0.25, 0.3) is 0 Å². The van der Waals surface area contributed by atoms with Crippen LogP contribution in [0.15, 0.2) is 41.7 Å². The molecule has 0 unspecified atom stereocenters. The number of ether oxygens (including phenoxy) is 1. The largest absolute Gasteiger partial charge is 0.490 e. The highest BCUT2D eigenvalue weighted by atomic mass is 16.5. The van der Waals surface area contributed by atoms with E-state index in [2.05, 4.69) is 0 Å². The Balaban J connectivity index is 2.17. The molecule has 15 heavy (non-hydrogen) atoms. The summed E-state index contributed by atoms with van der Waals surface area (Å²) in [5, 5.41) is 0. The Hall–Kier alpha value is -1.57. The highest BCUT2D eigenvalue weighted by molar-refractivity contribution is 5.94. The van der Waals surface area contributed by atoms with E-state index in [1.807, 2.05) is 37.3 Å². The van der Waals surface area contributed by atoms with E-state index in [9.17, 15) is 4.79 Å². The van der Waals surface area contributed by atoms with Gasteiger partial charge in [-0.15, -0.1) is 0 Å². The number of rotatable bonds is 2. The van der Waals surface area contributed by atoms with Gasteiger partial charge in [0.15, 0.2) is 5.78 Å². The molecule has 1 atom stereocenters. The first-order chi connectivity index (χ1) is 7.18. The van der Waals surface area contributed by atoms with Crippen LogP contribution in [0.1, 0.15) is 31.9 Å². The molecule has 0 aromatic heterocycles. The lowest BCUT2D eigenvalue weighted by Crippen LogP contribution is -1.98. The van der Waals surface area contributed by atoms with Gasteiger partial charge >= 0.3 is 0 Å². The number of allylic oxidation sites excluding steroid dienone is 1. The third-order valence-electron chi connectivity index (χ3n) is 2.73. The molecule has 1 heterocycles. The van der Waals surface area contributed by atoms with Crippen LogP contribution in [0, 0.1) is 0 Å². The third kappa shape index (κ3) is 1.94. The van der Waals surface area contributed by atoms with Gasteiger partial charge in [-0.05, 0) is 19.4 Å². The highest BCUT2D eigenvalue weighted by Crippen LogP contribution is 2.35. The van der Waals surface area contributed by atoms with Gasteiger partial charge in [-0.2, -0.15) is 0 Å². The maximum absolute atomic E-state index is 11.3. The first-order valence-corrected chi connectivity index (χ1v) is 5.11. The molecule has 0 fully saturated rings. The van der Waals surface area contributed by atoms with Crippen molar-refractivity contribution in [2.24, 2.45) is 0 Å². The topological polar surface area (TPSA) is 26.3 Å². The van der Waals surface area contributed by atoms with Crippen molar-refractivity contribution < 1.29 is 9.53 Å². The van der Waals surface area contributed by atoms with E-state index in [0.29, 0.717) is 6.42 Å². The first-order valence-electron chi connectivity index (χ1n) is 5.11. The summed E-state index contributed by atoms with van der Waals surface area (Å²) in [5.74, 6) is 0.891. The molecule has 0 bridgehead atoms. The lowest BCUT2D eigenvalue weighted by molar-refractivity contribution is -0.113. The second-order valence-electron chi connectivity index (χ2n) is 3.81. The fourth-order valence-electron chi connectivity index (χ4n) is 1.90. The smallest absolute Gasteiger partial charge is 0.159 e. The summed E-state index contributed by atoms with van der Waals surface area (Å²) in [7, 11) is 0. The Morgan fingerprint density at radius 3 is 2.53 bits per heavy atom. The Morgan fingerprint density at radius 2 is 2.00 bits per heavy atom. The van der Waals surface area contributed by atoms with Gasteiger partial charge in [-0.3, -0.25) is 4.79 Å². The van der Waals surface area contributed by atoms with E-state index >= 15 is 0 Å². The molecule has 2 rings (SSSR count). The van der Waals surface area contributed by atoms with Crippen molar-refractivity contribution in [2.75, 3.05) is 0 Å². The van der Waals surface area contributed by atoms with Crippen LogP contribution in [0.4, 0.5) is 0 Å². The number of Topliss-reactive ketones (excluding diaryl/α,β-unsaturated/α-hetero) is 1. The summed E-state index contributed by atoms with van der Waals surface area (Å²) in [4.78, 5) is 11.3. The predicted octanol–water partition coefficient (Wildman–Crippen LogP) is 3.01. The van der Waals surface area contributed by atoms with Gasteiger partial charge in [0, 0.05) is 12.0 Å². The van der Waals surface area contributed by atoms with Gasteiger partial charge in [-0.1, -0.05) is 30.3 Å². The van der Waals surface area contributed by atoms with Gasteiger partial charge in [0.1, 0.15) is 11.9 Å². The number of benzene rings is 1. The van der Waals surface area contributed by atoms with E-state index in [4.69, 9.17) is 4.74 Å². The molecule has 0 saturated heterocycles. The summed E-state index contributed by atoms with van der Waals surface area (Å²) in [6.45, 7) is 3.45. The standard InChI is InChI=1S/C13H14O2/c1-9(14)12-8-13(15-10(12)2)11-6-4-3-5-7-11/h3-7,13H,8H2,1-2H3/t13-/m0/s1. The second-order valence-corrected chi connectivity index (χ2v) is 3.81. The molecule has 0 N–H and O–H groups in total. The Labute approximate surface area is 89.6 Å². The molecular formula is C13H14O2. The summed E-state index contributed by atoms with van der Waals surface area (Å²) in [6, 6.07) is 10.0. The molecule has 1 aromatic rings. The van der Waals surface area contributed by atoms with Crippen molar-refractivity contribution in [3.63, 3.8) is 0 Å². The number of hydrogen-bond donors (Lipinski definition) is 0. The predicted molar refractivity (Wildman–Crippen MR) is 58.3 cm³/mol. The minimum atomic E-state index is 0.0186. The molecule has 2 nitrogen and oxygen atoms in total. The number of ketones is 1. The van der Waals surface area contributed by atoms with Crippen LogP contribution in [0.3, 0.4) is 0 Å². The van der Waals surface area contributed by atoms with Crippen molar-refractivity contribution in [2.45, 2.75) is 26.4 Å².